The lowest BCUT2D eigenvalue weighted by Gasteiger charge is -2.07. The van der Waals surface area contributed by atoms with Crippen LogP contribution >= 0.6 is 0 Å². The van der Waals surface area contributed by atoms with Gasteiger partial charge in [-0.25, -0.2) is 8.78 Å². The topological polar surface area (TPSA) is 46.2 Å². The summed E-state index contributed by atoms with van der Waals surface area (Å²) in [6, 6.07) is 6.60. The van der Waals surface area contributed by atoms with E-state index in [1.54, 1.807) is 12.1 Å². The van der Waals surface area contributed by atoms with Gasteiger partial charge in [0.2, 0.25) is 5.91 Å². The number of hydrogen-bond acceptors (Lipinski definition) is 2. The average molecular weight is 287 g/mol. The Bertz CT molecular complexity index is 784. The molecule has 1 aliphatic rings. The molecule has 0 aliphatic carbocycles. The van der Waals surface area contributed by atoms with Crippen molar-refractivity contribution in [2.75, 3.05) is 5.32 Å². The standard InChI is InChI=1S/C16H11F2NO2/c1-8-4-11(13(18)7-12(8)17)16(21)9-2-3-14-10(5-9)6-15(20)19-14/h2-5,7H,6H2,1H3,(H,19,20). The van der Waals surface area contributed by atoms with Crippen LogP contribution in [-0.2, 0) is 11.2 Å². The third-order valence-corrected chi connectivity index (χ3v) is 3.49. The van der Waals surface area contributed by atoms with Gasteiger partial charge in [0.1, 0.15) is 11.6 Å². The SMILES string of the molecule is Cc1cc(C(=O)c2ccc3c(c2)CC(=O)N3)c(F)cc1F. The van der Waals surface area contributed by atoms with E-state index in [-0.39, 0.29) is 29.0 Å². The van der Waals surface area contributed by atoms with Crippen LogP contribution in [0.25, 0.3) is 0 Å². The first-order valence-corrected chi connectivity index (χ1v) is 6.39. The van der Waals surface area contributed by atoms with Gasteiger partial charge in [-0.05, 0) is 42.3 Å². The Labute approximate surface area is 119 Å². The Kier molecular flexibility index (Phi) is 3.05. The lowest BCUT2D eigenvalue weighted by Crippen LogP contribution is -2.06. The number of amides is 1. The Hall–Kier alpha value is -2.56. The average Bonchev–Trinajstić information content (AvgIpc) is 2.81. The molecule has 2 aromatic carbocycles. The number of hydrogen-bond donors (Lipinski definition) is 1. The number of carbonyl (C=O) groups is 2. The normalized spacial score (nSPS) is 13.0. The number of ketones is 1. The van der Waals surface area contributed by atoms with Crippen molar-refractivity contribution in [2.24, 2.45) is 0 Å². The van der Waals surface area contributed by atoms with Crippen molar-refractivity contribution in [1.29, 1.82) is 0 Å². The van der Waals surface area contributed by atoms with Crippen LogP contribution < -0.4 is 5.32 Å². The molecule has 1 heterocycles. The Morgan fingerprint density at radius 1 is 1.14 bits per heavy atom. The number of rotatable bonds is 2. The monoisotopic (exact) mass is 287 g/mol. The quantitative estimate of drug-likeness (QED) is 0.863. The highest BCUT2D eigenvalue weighted by atomic mass is 19.1. The fourth-order valence-electron chi connectivity index (χ4n) is 2.36. The van der Waals surface area contributed by atoms with E-state index in [2.05, 4.69) is 5.32 Å². The molecule has 5 heteroatoms. The molecule has 0 bridgehead atoms. The molecule has 0 atom stereocenters. The van der Waals surface area contributed by atoms with E-state index >= 15 is 0 Å². The summed E-state index contributed by atoms with van der Waals surface area (Å²) in [5.74, 6) is -2.25. The van der Waals surface area contributed by atoms with Crippen molar-refractivity contribution in [3.05, 3.63) is 64.2 Å². The maximum absolute atomic E-state index is 13.8. The van der Waals surface area contributed by atoms with Crippen molar-refractivity contribution >= 4 is 17.4 Å². The van der Waals surface area contributed by atoms with Crippen molar-refractivity contribution < 1.29 is 18.4 Å². The summed E-state index contributed by atoms with van der Waals surface area (Å²) in [7, 11) is 0. The summed E-state index contributed by atoms with van der Waals surface area (Å²) in [5, 5.41) is 2.66. The first kappa shape index (κ1) is 13.4. The molecule has 0 spiro atoms. The first-order chi connectivity index (χ1) is 9.95. The lowest BCUT2D eigenvalue weighted by molar-refractivity contribution is -0.115. The number of nitrogens with one attached hydrogen (secondary N) is 1. The van der Waals surface area contributed by atoms with Crippen LogP contribution in [0.2, 0.25) is 0 Å². The van der Waals surface area contributed by atoms with Crippen molar-refractivity contribution in [3.8, 4) is 0 Å². The first-order valence-electron chi connectivity index (χ1n) is 6.39. The zero-order valence-electron chi connectivity index (χ0n) is 11.2. The molecular formula is C16H11F2NO2. The molecule has 0 saturated carbocycles. The van der Waals surface area contributed by atoms with Gasteiger partial charge in [0, 0.05) is 17.3 Å². The van der Waals surface area contributed by atoms with Gasteiger partial charge in [-0.2, -0.15) is 0 Å². The second-order valence-corrected chi connectivity index (χ2v) is 5.01. The van der Waals surface area contributed by atoms with E-state index in [4.69, 9.17) is 0 Å². The van der Waals surface area contributed by atoms with E-state index < -0.39 is 17.4 Å². The van der Waals surface area contributed by atoms with Crippen LogP contribution in [0.1, 0.15) is 27.0 Å². The number of benzene rings is 2. The van der Waals surface area contributed by atoms with Gasteiger partial charge in [-0.15, -0.1) is 0 Å². The van der Waals surface area contributed by atoms with Crippen LogP contribution in [0.15, 0.2) is 30.3 Å². The predicted octanol–water partition coefficient (Wildman–Crippen LogP) is 3.00. The van der Waals surface area contributed by atoms with Crippen molar-refractivity contribution in [2.45, 2.75) is 13.3 Å². The van der Waals surface area contributed by atoms with E-state index in [1.807, 2.05) is 0 Å². The second kappa shape index (κ2) is 4.77. The maximum Gasteiger partial charge on any atom is 0.228 e. The minimum atomic E-state index is -0.891. The summed E-state index contributed by atoms with van der Waals surface area (Å²) < 4.78 is 27.0. The van der Waals surface area contributed by atoms with Crippen LogP contribution in [0.5, 0.6) is 0 Å². The van der Waals surface area contributed by atoms with Gasteiger partial charge in [-0.1, -0.05) is 0 Å². The Morgan fingerprint density at radius 3 is 2.67 bits per heavy atom. The Morgan fingerprint density at radius 2 is 1.90 bits per heavy atom. The summed E-state index contributed by atoms with van der Waals surface area (Å²) in [4.78, 5) is 23.6. The molecule has 3 rings (SSSR count). The van der Waals surface area contributed by atoms with E-state index in [0.717, 1.165) is 0 Å². The molecular weight excluding hydrogens is 276 g/mol. The van der Waals surface area contributed by atoms with E-state index in [0.29, 0.717) is 17.3 Å². The third kappa shape index (κ3) is 2.31. The number of fused-ring (bicyclic) bond motifs is 1. The largest absolute Gasteiger partial charge is 0.326 e. The van der Waals surface area contributed by atoms with Crippen molar-refractivity contribution in [3.63, 3.8) is 0 Å². The number of aryl methyl sites for hydroxylation is 1. The highest BCUT2D eigenvalue weighted by Crippen LogP contribution is 2.26. The minimum Gasteiger partial charge on any atom is -0.326 e. The second-order valence-electron chi connectivity index (χ2n) is 5.01. The third-order valence-electron chi connectivity index (χ3n) is 3.49. The van der Waals surface area contributed by atoms with Crippen LogP contribution in [-0.4, -0.2) is 11.7 Å². The van der Waals surface area contributed by atoms with Gasteiger partial charge in [0.15, 0.2) is 5.78 Å². The van der Waals surface area contributed by atoms with Crippen LogP contribution in [0.3, 0.4) is 0 Å². The molecule has 0 radical (unpaired) electrons. The van der Waals surface area contributed by atoms with E-state index in [1.165, 1.54) is 19.1 Å². The molecule has 106 valence electrons. The molecule has 1 amide bonds. The fraction of sp³-hybridized carbons (Fsp3) is 0.125. The highest BCUT2D eigenvalue weighted by Gasteiger charge is 2.21. The summed E-state index contributed by atoms with van der Waals surface area (Å²) in [6.07, 6.45) is 0.196. The van der Waals surface area contributed by atoms with E-state index in [9.17, 15) is 18.4 Å². The molecule has 0 fully saturated rings. The molecule has 3 nitrogen and oxygen atoms in total. The van der Waals surface area contributed by atoms with Crippen LogP contribution in [0, 0.1) is 18.6 Å². The summed E-state index contributed by atoms with van der Waals surface area (Å²) >= 11 is 0. The zero-order valence-corrected chi connectivity index (χ0v) is 11.2. The number of anilines is 1. The smallest absolute Gasteiger partial charge is 0.228 e. The van der Waals surface area contributed by atoms with Crippen molar-refractivity contribution in [1.82, 2.24) is 0 Å². The lowest BCUT2D eigenvalue weighted by atomic mass is 9.98. The molecule has 0 unspecified atom stereocenters. The highest BCUT2D eigenvalue weighted by molar-refractivity contribution is 6.10. The molecule has 1 N–H and O–H groups in total. The Balaban J connectivity index is 2.02. The summed E-state index contributed by atoms with van der Waals surface area (Å²) in [6.45, 7) is 1.47. The zero-order chi connectivity index (χ0) is 15.1. The predicted molar refractivity (Wildman–Crippen MR) is 73.3 cm³/mol. The van der Waals surface area contributed by atoms with Gasteiger partial charge in [0.25, 0.3) is 0 Å². The molecule has 2 aromatic rings. The fourth-order valence-corrected chi connectivity index (χ4v) is 2.36. The van der Waals surface area contributed by atoms with Gasteiger partial charge < -0.3 is 5.32 Å². The molecule has 0 saturated heterocycles. The van der Waals surface area contributed by atoms with Gasteiger partial charge >= 0.3 is 0 Å². The number of halogens is 2. The summed E-state index contributed by atoms with van der Waals surface area (Å²) in [5.41, 5.74) is 1.66. The number of carbonyl (C=O) groups excluding carboxylic acids is 2. The minimum absolute atomic E-state index is 0.140. The van der Waals surface area contributed by atoms with Gasteiger partial charge in [0.05, 0.1) is 12.0 Å². The molecule has 0 aromatic heterocycles. The molecule has 21 heavy (non-hydrogen) atoms. The van der Waals surface area contributed by atoms with Gasteiger partial charge in [-0.3, -0.25) is 9.59 Å². The van der Waals surface area contributed by atoms with Crippen LogP contribution in [0.4, 0.5) is 14.5 Å². The molecule has 1 aliphatic heterocycles. The maximum atomic E-state index is 13.8.